The van der Waals surface area contributed by atoms with Crippen molar-refractivity contribution in [2.75, 3.05) is 7.11 Å². The Morgan fingerprint density at radius 1 is 1.35 bits per heavy atom. The van der Waals surface area contributed by atoms with Gasteiger partial charge in [-0.25, -0.2) is 12.8 Å². The molecule has 0 saturated carbocycles. The van der Waals surface area contributed by atoms with E-state index in [1.807, 2.05) is 0 Å². The second kappa shape index (κ2) is 5.22. The Balaban J connectivity index is 2.58. The predicted octanol–water partition coefficient (Wildman–Crippen LogP) is 1.35. The summed E-state index contributed by atoms with van der Waals surface area (Å²) in [5.41, 5.74) is 0. The van der Waals surface area contributed by atoms with Crippen molar-refractivity contribution in [3.63, 3.8) is 0 Å². The van der Waals surface area contributed by atoms with Crippen LogP contribution in [0, 0.1) is 11.0 Å². The van der Waals surface area contributed by atoms with Gasteiger partial charge < -0.3 is 9.94 Å². The summed E-state index contributed by atoms with van der Waals surface area (Å²) in [6.07, 6.45) is 0. The Bertz CT molecular complexity index is 767. The number of rotatable bonds is 3. The second-order valence-corrected chi connectivity index (χ2v) is 5.94. The summed E-state index contributed by atoms with van der Waals surface area (Å²) in [6, 6.07) is 5.08. The van der Waals surface area contributed by atoms with Gasteiger partial charge in [-0.1, -0.05) is 11.6 Å². The van der Waals surface area contributed by atoms with Crippen LogP contribution in [-0.4, -0.2) is 20.6 Å². The molecular weight excluding hydrogens is 311 g/mol. The van der Waals surface area contributed by atoms with E-state index in [1.54, 1.807) is 0 Å². The fraction of sp³-hybridized carbons (Fsp3) is 0.0909. The number of aromatic nitrogens is 2. The van der Waals surface area contributed by atoms with Gasteiger partial charge in [0, 0.05) is 5.10 Å². The molecule has 6 nitrogen and oxygen atoms in total. The number of ether oxygens (including phenoxy) is 1. The minimum atomic E-state index is -4.12. The summed E-state index contributed by atoms with van der Waals surface area (Å²) in [7, 11) is -2.87. The second-order valence-electron chi connectivity index (χ2n) is 3.67. The molecule has 0 bridgehead atoms. The van der Waals surface area contributed by atoms with E-state index >= 15 is 0 Å². The van der Waals surface area contributed by atoms with Gasteiger partial charge in [-0.05, 0) is 29.1 Å². The van der Waals surface area contributed by atoms with Crippen molar-refractivity contribution in [1.82, 2.24) is 5.10 Å². The fourth-order valence-electron chi connectivity index (χ4n) is 1.47. The highest BCUT2D eigenvalue weighted by Crippen LogP contribution is 2.27. The molecule has 0 aliphatic rings. The fourth-order valence-corrected chi connectivity index (χ4v) is 3.16. The molecule has 0 radical (unpaired) electrons. The number of benzene rings is 1. The molecule has 0 aliphatic carbocycles. The Kier molecular flexibility index (Phi) is 3.78. The van der Waals surface area contributed by atoms with Crippen LogP contribution in [0.25, 0.3) is 0 Å². The molecule has 2 rings (SSSR count). The van der Waals surface area contributed by atoms with Crippen molar-refractivity contribution in [2.45, 2.75) is 9.92 Å². The zero-order chi connectivity index (χ0) is 14.9. The maximum atomic E-state index is 12.9. The number of nitrogens with zero attached hydrogens (tertiary/aromatic N) is 2. The summed E-state index contributed by atoms with van der Waals surface area (Å²) in [6.45, 7) is 0. The summed E-state index contributed by atoms with van der Waals surface area (Å²) < 4.78 is 42.1. The van der Waals surface area contributed by atoms with E-state index < -0.39 is 20.7 Å². The SMILES string of the molecule is COc1ccc(S(=O)(=O)c2ccc(F)cc2Cl)n[n+]1[O-]. The molecule has 1 heterocycles. The van der Waals surface area contributed by atoms with Crippen molar-refractivity contribution in [2.24, 2.45) is 0 Å². The van der Waals surface area contributed by atoms with Gasteiger partial charge in [0.05, 0.1) is 23.1 Å². The third-order valence-electron chi connectivity index (χ3n) is 2.41. The predicted molar refractivity (Wildman–Crippen MR) is 66.6 cm³/mol. The highest BCUT2D eigenvalue weighted by Gasteiger charge is 2.26. The molecule has 20 heavy (non-hydrogen) atoms. The normalized spacial score (nSPS) is 11.3. The van der Waals surface area contributed by atoms with E-state index in [4.69, 9.17) is 11.6 Å². The van der Waals surface area contributed by atoms with Gasteiger partial charge >= 0.3 is 5.88 Å². The van der Waals surface area contributed by atoms with Gasteiger partial charge in [-0.15, -0.1) is 0 Å². The highest BCUT2D eigenvalue weighted by atomic mass is 35.5. The molecule has 0 fully saturated rings. The third kappa shape index (κ3) is 2.52. The maximum absolute atomic E-state index is 12.9. The summed E-state index contributed by atoms with van der Waals surface area (Å²) >= 11 is 5.71. The zero-order valence-electron chi connectivity index (χ0n) is 10.1. The lowest BCUT2D eigenvalue weighted by atomic mass is 10.3. The Labute approximate surface area is 118 Å². The van der Waals surface area contributed by atoms with Crippen molar-refractivity contribution in [3.05, 3.63) is 46.4 Å². The molecule has 0 atom stereocenters. The third-order valence-corrected chi connectivity index (χ3v) is 4.54. The maximum Gasteiger partial charge on any atom is 0.405 e. The van der Waals surface area contributed by atoms with E-state index in [1.165, 1.54) is 7.11 Å². The molecule has 2 aromatic rings. The average molecular weight is 319 g/mol. The van der Waals surface area contributed by atoms with Gasteiger partial charge in [0.15, 0.2) is 0 Å². The molecular formula is C11H8ClFN2O4S. The molecule has 0 aliphatic heterocycles. The summed E-state index contributed by atoms with van der Waals surface area (Å²) in [4.78, 5) is -0.303. The van der Waals surface area contributed by atoms with Crippen LogP contribution in [0.5, 0.6) is 5.88 Å². The van der Waals surface area contributed by atoms with Crippen LogP contribution >= 0.6 is 11.6 Å². The van der Waals surface area contributed by atoms with Crippen LogP contribution in [-0.2, 0) is 9.84 Å². The molecule has 0 N–H and O–H groups in total. The Hall–Kier alpha value is -1.93. The quantitative estimate of drug-likeness (QED) is 0.484. The van der Waals surface area contributed by atoms with E-state index in [2.05, 4.69) is 9.84 Å². The first-order chi connectivity index (χ1) is 9.36. The summed E-state index contributed by atoms with van der Waals surface area (Å²) in [5.74, 6) is -0.829. The lowest BCUT2D eigenvalue weighted by molar-refractivity contribution is -0.678. The van der Waals surface area contributed by atoms with Crippen molar-refractivity contribution in [1.29, 1.82) is 0 Å². The smallest absolute Gasteiger partial charge is 0.405 e. The van der Waals surface area contributed by atoms with Crippen molar-refractivity contribution >= 4 is 21.4 Å². The molecule has 1 aromatic heterocycles. The molecule has 0 unspecified atom stereocenters. The standard InChI is InChI=1S/C11H8ClFN2O4S/c1-19-11-5-4-10(14-15(11)16)20(17,18)9-3-2-7(13)6-8(9)12/h2-6H,1H3. The Morgan fingerprint density at radius 2 is 2.05 bits per heavy atom. The molecule has 1 aromatic carbocycles. The average Bonchev–Trinajstić information content (AvgIpc) is 2.38. The number of halogens is 2. The number of sulfone groups is 1. The Morgan fingerprint density at radius 3 is 2.60 bits per heavy atom. The van der Waals surface area contributed by atoms with E-state index in [0.29, 0.717) is 0 Å². The minimum absolute atomic E-state index is 0.0321. The van der Waals surface area contributed by atoms with Gasteiger partial charge in [0.2, 0.25) is 14.9 Å². The number of hydrogen-bond acceptors (Lipinski definition) is 5. The van der Waals surface area contributed by atoms with Gasteiger partial charge in [0.1, 0.15) is 5.82 Å². The first-order valence-corrected chi connectivity index (χ1v) is 7.07. The minimum Gasteiger partial charge on any atom is -0.591 e. The van der Waals surface area contributed by atoms with Gasteiger partial charge in [-0.2, -0.15) is 0 Å². The molecule has 0 amide bonds. The van der Waals surface area contributed by atoms with Crippen LogP contribution < -0.4 is 9.58 Å². The number of methoxy groups -OCH3 is 1. The van der Waals surface area contributed by atoms with Crippen LogP contribution in [0.4, 0.5) is 4.39 Å². The van der Waals surface area contributed by atoms with E-state index in [9.17, 15) is 18.0 Å². The summed E-state index contributed by atoms with van der Waals surface area (Å²) in [5, 5.41) is 14.0. The molecule has 0 saturated heterocycles. The number of hydrogen-bond donors (Lipinski definition) is 0. The van der Waals surface area contributed by atoms with Gasteiger partial charge in [0.25, 0.3) is 0 Å². The lowest BCUT2D eigenvalue weighted by Crippen LogP contribution is -2.34. The monoisotopic (exact) mass is 318 g/mol. The molecule has 106 valence electrons. The van der Waals surface area contributed by atoms with Crippen molar-refractivity contribution < 1.29 is 22.4 Å². The highest BCUT2D eigenvalue weighted by molar-refractivity contribution is 7.91. The van der Waals surface area contributed by atoms with Crippen LogP contribution in [0.1, 0.15) is 0 Å². The largest absolute Gasteiger partial charge is 0.591 e. The molecule has 9 heteroatoms. The van der Waals surface area contributed by atoms with Crippen LogP contribution in [0.2, 0.25) is 5.02 Å². The van der Waals surface area contributed by atoms with Crippen molar-refractivity contribution in [3.8, 4) is 5.88 Å². The molecule has 0 spiro atoms. The topological polar surface area (TPSA) is 83.2 Å². The zero-order valence-corrected chi connectivity index (χ0v) is 11.7. The van der Waals surface area contributed by atoms with Crippen LogP contribution in [0.3, 0.4) is 0 Å². The van der Waals surface area contributed by atoms with E-state index in [-0.39, 0.29) is 20.6 Å². The van der Waals surface area contributed by atoms with E-state index in [0.717, 1.165) is 30.3 Å². The van der Waals surface area contributed by atoms with Crippen LogP contribution in [0.15, 0.2) is 40.3 Å². The van der Waals surface area contributed by atoms with Gasteiger partial charge in [-0.3, -0.25) is 0 Å². The lowest BCUT2D eigenvalue weighted by Gasteiger charge is -2.06. The first-order valence-electron chi connectivity index (χ1n) is 5.21. The first kappa shape index (κ1) is 14.5.